The first-order valence-electron chi connectivity index (χ1n) is 7.14. The van der Waals surface area contributed by atoms with E-state index in [1.165, 1.54) is 11.8 Å². The van der Waals surface area contributed by atoms with Crippen molar-refractivity contribution in [2.75, 3.05) is 12.9 Å². The Balaban J connectivity index is 1.72. The van der Waals surface area contributed by atoms with Crippen LogP contribution in [0.5, 0.6) is 5.75 Å². The zero-order valence-electron chi connectivity index (χ0n) is 12.8. The van der Waals surface area contributed by atoms with Crippen LogP contribution in [0.1, 0.15) is 10.4 Å². The summed E-state index contributed by atoms with van der Waals surface area (Å²) in [5, 5.41) is 8.07. The Bertz CT molecular complexity index is 852. The smallest absolute Gasteiger partial charge is 0.209 e. The number of hydrogen-bond acceptors (Lipinski definition) is 5. The largest absolute Gasteiger partial charge is 0.496 e. The van der Waals surface area contributed by atoms with Crippen LogP contribution in [0.25, 0.3) is 11.4 Å². The summed E-state index contributed by atoms with van der Waals surface area (Å²) in [4.78, 5) is 16.5. The number of H-pyrrole nitrogens is 1. The van der Waals surface area contributed by atoms with Crippen molar-refractivity contribution in [2.45, 2.75) is 5.16 Å². The van der Waals surface area contributed by atoms with E-state index in [4.69, 9.17) is 16.3 Å². The summed E-state index contributed by atoms with van der Waals surface area (Å²) >= 11 is 7.31. The number of nitrogens with zero attached hydrogens (tertiary/aromatic N) is 2. The molecule has 0 radical (unpaired) electrons. The van der Waals surface area contributed by atoms with E-state index in [1.54, 1.807) is 37.4 Å². The quantitative estimate of drug-likeness (QED) is 0.530. The summed E-state index contributed by atoms with van der Waals surface area (Å²) in [6.45, 7) is 0. The molecule has 0 atom stereocenters. The molecular formula is C17H14ClN3O2S. The molecule has 1 N–H and O–H groups in total. The van der Waals surface area contributed by atoms with Gasteiger partial charge in [-0.3, -0.25) is 9.89 Å². The number of carbonyl (C=O) groups excluding carboxylic acids is 1. The van der Waals surface area contributed by atoms with E-state index in [0.29, 0.717) is 27.3 Å². The summed E-state index contributed by atoms with van der Waals surface area (Å²) in [6, 6.07) is 14.4. The summed E-state index contributed by atoms with van der Waals surface area (Å²) < 4.78 is 5.31. The molecule has 0 aliphatic rings. The number of thioether (sulfide) groups is 1. The van der Waals surface area contributed by atoms with Gasteiger partial charge in [-0.2, -0.15) is 0 Å². The molecule has 5 nitrogen and oxygen atoms in total. The van der Waals surface area contributed by atoms with Crippen LogP contribution in [0, 0.1) is 0 Å². The van der Waals surface area contributed by atoms with Crippen molar-refractivity contribution < 1.29 is 9.53 Å². The summed E-state index contributed by atoms with van der Waals surface area (Å²) in [6.07, 6.45) is 0. The van der Waals surface area contributed by atoms with Crippen molar-refractivity contribution in [1.29, 1.82) is 0 Å². The zero-order chi connectivity index (χ0) is 16.9. The van der Waals surface area contributed by atoms with Crippen LogP contribution in [0.4, 0.5) is 0 Å². The lowest BCUT2D eigenvalue weighted by Gasteiger charge is -2.05. The number of carbonyl (C=O) groups is 1. The van der Waals surface area contributed by atoms with Gasteiger partial charge in [0.25, 0.3) is 0 Å². The van der Waals surface area contributed by atoms with Crippen LogP contribution in [0.15, 0.2) is 53.7 Å². The van der Waals surface area contributed by atoms with Crippen LogP contribution in [-0.2, 0) is 0 Å². The molecular weight excluding hydrogens is 346 g/mol. The topological polar surface area (TPSA) is 67.9 Å². The van der Waals surface area contributed by atoms with Crippen LogP contribution >= 0.6 is 23.4 Å². The SMILES string of the molecule is COc1ccc(Cl)cc1-c1nc(SCC(=O)c2ccccc2)n[nH]1. The van der Waals surface area contributed by atoms with E-state index in [0.717, 1.165) is 5.56 Å². The molecule has 0 saturated heterocycles. The van der Waals surface area contributed by atoms with Gasteiger partial charge in [-0.05, 0) is 18.2 Å². The molecule has 3 rings (SSSR count). The standard InChI is InChI=1S/C17H14ClN3O2S/c1-23-15-8-7-12(18)9-13(15)16-19-17(21-20-16)24-10-14(22)11-5-3-2-4-6-11/h2-9H,10H2,1H3,(H,19,20,21). The molecule has 3 aromatic rings. The number of aromatic nitrogens is 3. The number of Topliss-reactive ketones (excluding diaryl/α,β-unsaturated/α-hetero) is 1. The van der Waals surface area contributed by atoms with Crippen LogP contribution in [-0.4, -0.2) is 33.8 Å². The second-order valence-corrected chi connectivity index (χ2v) is 6.27. The Hall–Kier alpha value is -2.31. The fourth-order valence-electron chi connectivity index (χ4n) is 2.13. The number of ketones is 1. The maximum absolute atomic E-state index is 12.1. The lowest BCUT2D eigenvalue weighted by molar-refractivity contribution is 0.102. The highest BCUT2D eigenvalue weighted by Crippen LogP contribution is 2.31. The van der Waals surface area contributed by atoms with Gasteiger partial charge in [0.1, 0.15) is 5.75 Å². The molecule has 1 heterocycles. The van der Waals surface area contributed by atoms with Crippen molar-refractivity contribution in [3.63, 3.8) is 0 Å². The molecule has 0 fully saturated rings. The highest BCUT2D eigenvalue weighted by molar-refractivity contribution is 7.99. The van der Waals surface area contributed by atoms with Crippen LogP contribution in [0.2, 0.25) is 5.02 Å². The molecule has 2 aromatic carbocycles. The Labute approximate surface area is 148 Å². The molecule has 0 amide bonds. The number of halogens is 1. The molecule has 0 bridgehead atoms. The Morgan fingerprint density at radius 2 is 2.04 bits per heavy atom. The molecule has 0 saturated carbocycles. The van der Waals surface area contributed by atoms with Crippen molar-refractivity contribution in [1.82, 2.24) is 15.2 Å². The minimum Gasteiger partial charge on any atom is -0.496 e. The third-order valence-corrected chi connectivity index (χ3v) is 4.39. The molecule has 24 heavy (non-hydrogen) atoms. The number of hydrogen-bond donors (Lipinski definition) is 1. The van der Waals surface area contributed by atoms with E-state index in [9.17, 15) is 4.79 Å². The number of methoxy groups -OCH3 is 1. The van der Waals surface area contributed by atoms with Gasteiger partial charge in [0.05, 0.1) is 18.4 Å². The predicted molar refractivity (Wildman–Crippen MR) is 94.9 cm³/mol. The van der Waals surface area contributed by atoms with Gasteiger partial charge >= 0.3 is 0 Å². The van der Waals surface area contributed by atoms with E-state index >= 15 is 0 Å². The fourth-order valence-corrected chi connectivity index (χ4v) is 3.00. The summed E-state index contributed by atoms with van der Waals surface area (Å²) in [7, 11) is 1.58. The summed E-state index contributed by atoms with van der Waals surface area (Å²) in [5.41, 5.74) is 1.40. The number of ether oxygens (including phenoxy) is 1. The predicted octanol–water partition coefficient (Wildman–Crippen LogP) is 4.11. The Morgan fingerprint density at radius 1 is 1.25 bits per heavy atom. The highest BCUT2D eigenvalue weighted by Gasteiger charge is 2.13. The Morgan fingerprint density at radius 3 is 2.79 bits per heavy atom. The maximum Gasteiger partial charge on any atom is 0.209 e. The lowest BCUT2D eigenvalue weighted by Crippen LogP contribution is -2.01. The van der Waals surface area contributed by atoms with Crippen LogP contribution < -0.4 is 4.74 Å². The number of benzene rings is 2. The molecule has 0 aliphatic heterocycles. The molecule has 122 valence electrons. The first kappa shape index (κ1) is 16.5. The number of rotatable bonds is 6. The van der Waals surface area contributed by atoms with Crippen molar-refractivity contribution >= 4 is 29.1 Å². The van der Waals surface area contributed by atoms with Gasteiger partial charge in [-0.25, -0.2) is 4.98 Å². The molecule has 0 unspecified atom stereocenters. The monoisotopic (exact) mass is 359 g/mol. The second-order valence-electron chi connectivity index (χ2n) is 4.89. The van der Waals surface area contributed by atoms with E-state index < -0.39 is 0 Å². The molecule has 0 spiro atoms. The summed E-state index contributed by atoms with van der Waals surface area (Å²) in [5.74, 6) is 1.50. The van der Waals surface area contributed by atoms with Gasteiger partial charge in [0, 0.05) is 10.6 Å². The minimum absolute atomic E-state index is 0.0345. The third kappa shape index (κ3) is 3.77. The van der Waals surface area contributed by atoms with Gasteiger partial charge in [-0.1, -0.05) is 53.7 Å². The van der Waals surface area contributed by atoms with Gasteiger partial charge in [0.2, 0.25) is 5.16 Å². The zero-order valence-corrected chi connectivity index (χ0v) is 14.4. The van der Waals surface area contributed by atoms with Gasteiger partial charge in [0.15, 0.2) is 11.6 Å². The molecule has 0 aliphatic carbocycles. The van der Waals surface area contributed by atoms with Gasteiger partial charge in [-0.15, -0.1) is 5.10 Å². The first-order valence-corrected chi connectivity index (χ1v) is 8.51. The van der Waals surface area contributed by atoms with E-state index in [2.05, 4.69) is 15.2 Å². The average molecular weight is 360 g/mol. The lowest BCUT2D eigenvalue weighted by atomic mass is 10.2. The molecule has 1 aromatic heterocycles. The third-order valence-electron chi connectivity index (χ3n) is 3.31. The van der Waals surface area contributed by atoms with Crippen molar-refractivity contribution in [2.24, 2.45) is 0 Å². The van der Waals surface area contributed by atoms with Gasteiger partial charge < -0.3 is 4.74 Å². The van der Waals surface area contributed by atoms with Crippen molar-refractivity contribution in [3.05, 3.63) is 59.1 Å². The average Bonchev–Trinajstić information content (AvgIpc) is 3.09. The van der Waals surface area contributed by atoms with Crippen LogP contribution in [0.3, 0.4) is 0 Å². The highest BCUT2D eigenvalue weighted by atomic mass is 35.5. The van der Waals surface area contributed by atoms with E-state index in [1.807, 2.05) is 18.2 Å². The molecule has 7 heteroatoms. The number of nitrogens with one attached hydrogen (secondary N) is 1. The maximum atomic E-state index is 12.1. The first-order chi connectivity index (χ1) is 11.7. The second kappa shape index (κ2) is 7.51. The normalized spacial score (nSPS) is 10.6. The number of aromatic amines is 1. The van der Waals surface area contributed by atoms with E-state index in [-0.39, 0.29) is 11.5 Å². The fraction of sp³-hybridized carbons (Fsp3) is 0.118. The van der Waals surface area contributed by atoms with Crippen molar-refractivity contribution in [3.8, 4) is 17.1 Å². The minimum atomic E-state index is 0.0345. The Kier molecular flexibility index (Phi) is 5.17.